The maximum atomic E-state index is 13.5. The van der Waals surface area contributed by atoms with Gasteiger partial charge in [-0.05, 0) is 42.8 Å². The maximum Gasteiger partial charge on any atom is 0.243 e. The van der Waals surface area contributed by atoms with Gasteiger partial charge in [0.1, 0.15) is 22.3 Å². The van der Waals surface area contributed by atoms with Crippen LogP contribution in [-0.4, -0.2) is 20.9 Å². The first-order valence-electron chi connectivity index (χ1n) is 7.28. The minimum atomic E-state index is -4.13. The maximum absolute atomic E-state index is 13.5. The SMILES string of the molecule is O=C(CCCNS(=O)(=O)c1ccc(F)cc1F)Nc1ccc(F)cc1. The second kappa shape index (κ2) is 8.13. The molecule has 0 unspecified atom stereocenters. The minimum absolute atomic E-state index is 0.00575. The van der Waals surface area contributed by atoms with Gasteiger partial charge >= 0.3 is 0 Å². The molecular weight excluding hydrogens is 357 g/mol. The fourth-order valence-electron chi connectivity index (χ4n) is 1.98. The fraction of sp³-hybridized carbons (Fsp3) is 0.188. The monoisotopic (exact) mass is 372 g/mol. The first-order chi connectivity index (χ1) is 11.8. The Hall–Kier alpha value is -2.39. The number of sulfonamides is 1. The van der Waals surface area contributed by atoms with Crippen molar-refractivity contribution in [3.8, 4) is 0 Å². The summed E-state index contributed by atoms with van der Waals surface area (Å²) in [6, 6.07) is 7.33. The van der Waals surface area contributed by atoms with Crippen LogP contribution in [0.4, 0.5) is 18.9 Å². The van der Waals surface area contributed by atoms with E-state index in [9.17, 15) is 26.4 Å². The molecule has 0 aromatic heterocycles. The molecule has 2 aromatic carbocycles. The van der Waals surface area contributed by atoms with E-state index in [0.717, 1.165) is 12.1 Å². The zero-order valence-electron chi connectivity index (χ0n) is 12.9. The van der Waals surface area contributed by atoms with Crippen LogP contribution in [0.25, 0.3) is 0 Å². The van der Waals surface area contributed by atoms with Crippen molar-refractivity contribution in [2.24, 2.45) is 0 Å². The Morgan fingerprint density at radius 2 is 1.60 bits per heavy atom. The van der Waals surface area contributed by atoms with Crippen LogP contribution in [0.15, 0.2) is 47.4 Å². The zero-order chi connectivity index (χ0) is 18.4. The normalized spacial score (nSPS) is 11.3. The highest BCUT2D eigenvalue weighted by Gasteiger charge is 2.19. The average molecular weight is 372 g/mol. The molecule has 0 spiro atoms. The predicted octanol–water partition coefficient (Wildman–Crippen LogP) is 2.80. The molecule has 5 nitrogen and oxygen atoms in total. The van der Waals surface area contributed by atoms with Crippen molar-refractivity contribution in [2.75, 3.05) is 11.9 Å². The van der Waals surface area contributed by atoms with Gasteiger partial charge in [0, 0.05) is 24.7 Å². The summed E-state index contributed by atoms with van der Waals surface area (Å²) in [4.78, 5) is 11.0. The quantitative estimate of drug-likeness (QED) is 0.734. The van der Waals surface area contributed by atoms with Crippen LogP contribution in [-0.2, 0) is 14.8 Å². The number of hydrogen-bond donors (Lipinski definition) is 2. The van der Waals surface area contributed by atoms with E-state index in [1.54, 1.807) is 0 Å². The van der Waals surface area contributed by atoms with Gasteiger partial charge in [0.25, 0.3) is 0 Å². The van der Waals surface area contributed by atoms with E-state index in [1.807, 2.05) is 0 Å². The van der Waals surface area contributed by atoms with Crippen LogP contribution in [0.1, 0.15) is 12.8 Å². The van der Waals surface area contributed by atoms with Gasteiger partial charge in [-0.2, -0.15) is 0 Å². The summed E-state index contributed by atoms with van der Waals surface area (Å²) in [6.07, 6.45) is 0.168. The largest absolute Gasteiger partial charge is 0.326 e. The third-order valence-electron chi connectivity index (χ3n) is 3.18. The summed E-state index contributed by atoms with van der Waals surface area (Å²) in [5, 5.41) is 2.53. The number of hydrogen-bond acceptors (Lipinski definition) is 3. The highest BCUT2D eigenvalue weighted by Crippen LogP contribution is 2.15. The van der Waals surface area contributed by atoms with Crippen molar-refractivity contribution in [1.29, 1.82) is 0 Å². The zero-order valence-corrected chi connectivity index (χ0v) is 13.7. The number of carbonyl (C=O) groups is 1. The standard InChI is InChI=1S/C16H15F3N2O3S/c17-11-3-6-13(7-4-11)21-16(22)2-1-9-20-25(23,24)15-8-5-12(18)10-14(15)19/h3-8,10,20H,1-2,9H2,(H,21,22). The molecule has 1 amide bonds. The van der Waals surface area contributed by atoms with E-state index >= 15 is 0 Å². The summed E-state index contributed by atoms with van der Waals surface area (Å²) in [7, 11) is -4.13. The molecule has 0 atom stereocenters. The molecule has 2 aromatic rings. The highest BCUT2D eigenvalue weighted by molar-refractivity contribution is 7.89. The van der Waals surface area contributed by atoms with Crippen LogP contribution in [0.2, 0.25) is 0 Å². The van der Waals surface area contributed by atoms with Gasteiger partial charge in [-0.25, -0.2) is 26.3 Å². The molecule has 0 aliphatic heterocycles. The van der Waals surface area contributed by atoms with Crippen LogP contribution in [0.3, 0.4) is 0 Å². The first-order valence-corrected chi connectivity index (χ1v) is 8.76. The van der Waals surface area contributed by atoms with E-state index in [4.69, 9.17) is 0 Å². The number of benzene rings is 2. The Balaban J connectivity index is 1.81. The van der Waals surface area contributed by atoms with Gasteiger partial charge in [0.2, 0.25) is 15.9 Å². The smallest absolute Gasteiger partial charge is 0.243 e. The molecule has 0 bridgehead atoms. The Kier molecular flexibility index (Phi) is 6.16. The Bertz CT molecular complexity index is 855. The van der Waals surface area contributed by atoms with Crippen molar-refractivity contribution in [1.82, 2.24) is 4.72 Å². The summed E-state index contributed by atoms with van der Waals surface area (Å²) in [6.45, 7) is -0.101. The van der Waals surface area contributed by atoms with Gasteiger partial charge in [0.05, 0.1) is 0 Å². The number of carbonyl (C=O) groups excluding carboxylic acids is 1. The Morgan fingerprint density at radius 1 is 0.960 bits per heavy atom. The van der Waals surface area contributed by atoms with E-state index in [0.29, 0.717) is 11.8 Å². The van der Waals surface area contributed by atoms with Gasteiger partial charge < -0.3 is 5.32 Å². The lowest BCUT2D eigenvalue weighted by atomic mass is 10.2. The molecule has 2 N–H and O–H groups in total. The van der Waals surface area contributed by atoms with Crippen LogP contribution < -0.4 is 10.0 Å². The molecule has 2 rings (SSSR count). The third-order valence-corrected chi connectivity index (χ3v) is 4.68. The molecule has 0 radical (unpaired) electrons. The van der Waals surface area contributed by atoms with E-state index in [1.165, 1.54) is 24.3 Å². The molecule has 0 aliphatic rings. The third kappa shape index (κ3) is 5.57. The first kappa shape index (κ1) is 18.9. The van der Waals surface area contributed by atoms with Crippen molar-refractivity contribution in [2.45, 2.75) is 17.7 Å². The second-order valence-electron chi connectivity index (χ2n) is 5.13. The molecule has 25 heavy (non-hydrogen) atoms. The second-order valence-corrected chi connectivity index (χ2v) is 6.87. The van der Waals surface area contributed by atoms with Crippen LogP contribution in [0, 0.1) is 17.5 Å². The summed E-state index contributed by atoms with van der Waals surface area (Å²) < 4.78 is 65.1. The number of amides is 1. The lowest BCUT2D eigenvalue weighted by molar-refractivity contribution is -0.116. The van der Waals surface area contributed by atoms with E-state index < -0.39 is 32.4 Å². The lowest BCUT2D eigenvalue weighted by Crippen LogP contribution is -2.26. The summed E-state index contributed by atoms with van der Waals surface area (Å²) in [5.41, 5.74) is 0.417. The topological polar surface area (TPSA) is 75.3 Å². The molecule has 134 valence electrons. The molecular formula is C16H15F3N2O3S. The van der Waals surface area contributed by atoms with Gasteiger partial charge in [-0.1, -0.05) is 0 Å². The predicted molar refractivity (Wildman–Crippen MR) is 85.8 cm³/mol. The highest BCUT2D eigenvalue weighted by atomic mass is 32.2. The van der Waals surface area contributed by atoms with Gasteiger partial charge in [-0.15, -0.1) is 0 Å². The number of anilines is 1. The van der Waals surface area contributed by atoms with Crippen molar-refractivity contribution in [3.05, 3.63) is 59.9 Å². The van der Waals surface area contributed by atoms with Crippen LogP contribution >= 0.6 is 0 Å². The summed E-state index contributed by atoms with van der Waals surface area (Å²) in [5.74, 6) is -2.88. The Morgan fingerprint density at radius 3 is 2.24 bits per heavy atom. The average Bonchev–Trinajstić information content (AvgIpc) is 2.53. The molecule has 9 heteroatoms. The minimum Gasteiger partial charge on any atom is -0.326 e. The number of halogens is 3. The molecule has 0 saturated carbocycles. The summed E-state index contributed by atoms with van der Waals surface area (Å²) >= 11 is 0. The number of nitrogens with one attached hydrogen (secondary N) is 2. The number of rotatable bonds is 7. The molecule has 0 saturated heterocycles. The van der Waals surface area contributed by atoms with E-state index in [-0.39, 0.29) is 25.3 Å². The van der Waals surface area contributed by atoms with Crippen LogP contribution in [0.5, 0.6) is 0 Å². The van der Waals surface area contributed by atoms with Crippen molar-refractivity contribution in [3.63, 3.8) is 0 Å². The lowest BCUT2D eigenvalue weighted by Gasteiger charge is -2.08. The van der Waals surface area contributed by atoms with Crippen molar-refractivity contribution < 1.29 is 26.4 Å². The molecule has 0 aliphatic carbocycles. The van der Waals surface area contributed by atoms with Gasteiger partial charge in [-0.3, -0.25) is 4.79 Å². The molecule has 0 heterocycles. The Labute approximate surface area is 142 Å². The van der Waals surface area contributed by atoms with Gasteiger partial charge in [0.15, 0.2) is 0 Å². The molecule has 0 fully saturated rings. The van der Waals surface area contributed by atoms with E-state index in [2.05, 4.69) is 10.0 Å². The van der Waals surface area contributed by atoms with Crippen molar-refractivity contribution >= 4 is 21.6 Å². The fourth-order valence-corrected chi connectivity index (χ4v) is 3.11.